The lowest BCUT2D eigenvalue weighted by Gasteiger charge is -1.92. The molecule has 0 amide bonds. The summed E-state index contributed by atoms with van der Waals surface area (Å²) in [5, 5.41) is 12.2. The van der Waals surface area contributed by atoms with Gasteiger partial charge in [0.2, 0.25) is 0 Å². The van der Waals surface area contributed by atoms with Crippen LogP contribution in [0.15, 0.2) is 6.07 Å². The van der Waals surface area contributed by atoms with Crippen LogP contribution in [0.1, 0.15) is 16.2 Å². The van der Waals surface area contributed by atoms with Crippen LogP contribution >= 0.6 is 0 Å². The van der Waals surface area contributed by atoms with Crippen molar-refractivity contribution in [3.63, 3.8) is 0 Å². The van der Waals surface area contributed by atoms with Gasteiger partial charge in [-0.05, 0) is 6.07 Å². The maximum absolute atomic E-state index is 10.4. The minimum absolute atomic E-state index is 0.0351. The molecule has 0 aliphatic rings. The Bertz CT molecular complexity index is 279. The summed E-state index contributed by atoms with van der Waals surface area (Å²) >= 11 is 0. The van der Waals surface area contributed by atoms with E-state index in [9.17, 15) is 4.79 Å². The van der Waals surface area contributed by atoms with Gasteiger partial charge in [-0.25, -0.2) is 4.79 Å². The molecule has 0 saturated carbocycles. The first-order valence-corrected chi connectivity index (χ1v) is 3.11. The first-order valence-electron chi connectivity index (χ1n) is 3.11. The molecule has 0 aliphatic heterocycles. The Labute approximate surface area is 63.4 Å². The minimum atomic E-state index is -1.03. The number of rotatable bonds is 2. The third-order valence-electron chi connectivity index (χ3n) is 1.40. The number of carboxylic acid groups (broad SMARTS) is 1. The Balaban J connectivity index is 3.05. The number of aryl methyl sites for hydroxylation is 1. The fourth-order valence-electron chi connectivity index (χ4n) is 0.801. The van der Waals surface area contributed by atoms with E-state index < -0.39 is 5.97 Å². The van der Waals surface area contributed by atoms with Gasteiger partial charge in [0, 0.05) is 13.6 Å². The maximum atomic E-state index is 10.4. The smallest absolute Gasteiger partial charge is 0.356 e. The van der Waals surface area contributed by atoms with E-state index in [4.69, 9.17) is 10.8 Å². The van der Waals surface area contributed by atoms with Crippen LogP contribution in [0.4, 0.5) is 0 Å². The van der Waals surface area contributed by atoms with E-state index in [2.05, 4.69) is 5.10 Å². The molecule has 11 heavy (non-hydrogen) atoms. The van der Waals surface area contributed by atoms with E-state index in [1.165, 1.54) is 10.7 Å². The number of carboxylic acids is 1. The Morgan fingerprint density at radius 2 is 2.55 bits per heavy atom. The van der Waals surface area contributed by atoms with Crippen LogP contribution in [0, 0.1) is 0 Å². The predicted molar refractivity (Wildman–Crippen MR) is 38.1 cm³/mol. The van der Waals surface area contributed by atoms with Gasteiger partial charge in [0.25, 0.3) is 0 Å². The van der Waals surface area contributed by atoms with Crippen molar-refractivity contribution < 1.29 is 9.90 Å². The molecule has 60 valence electrons. The Morgan fingerprint density at radius 3 is 2.82 bits per heavy atom. The molecular weight excluding hydrogens is 146 g/mol. The number of carbonyl (C=O) groups is 1. The van der Waals surface area contributed by atoms with E-state index in [0.29, 0.717) is 12.2 Å². The molecule has 5 heteroatoms. The average Bonchev–Trinajstić information content (AvgIpc) is 2.31. The van der Waals surface area contributed by atoms with E-state index in [1.54, 1.807) is 7.05 Å². The number of nitrogens with zero attached hydrogens (tertiary/aromatic N) is 2. The van der Waals surface area contributed by atoms with Crippen molar-refractivity contribution in [3.05, 3.63) is 17.5 Å². The number of nitrogens with two attached hydrogens (primary N) is 1. The third-order valence-corrected chi connectivity index (χ3v) is 1.40. The summed E-state index contributed by atoms with van der Waals surface area (Å²) in [5.74, 6) is -1.03. The topological polar surface area (TPSA) is 81.1 Å². The van der Waals surface area contributed by atoms with Crippen LogP contribution in [-0.4, -0.2) is 20.9 Å². The van der Waals surface area contributed by atoms with Crippen LogP contribution in [0.5, 0.6) is 0 Å². The molecule has 0 bridgehead atoms. The van der Waals surface area contributed by atoms with Crippen LogP contribution in [-0.2, 0) is 13.6 Å². The summed E-state index contributed by atoms with van der Waals surface area (Å²) in [7, 11) is 1.66. The molecule has 0 fully saturated rings. The predicted octanol–water partition coefficient (Wildman–Crippen LogP) is -0.423. The number of aromatic carboxylic acids is 1. The van der Waals surface area contributed by atoms with Gasteiger partial charge < -0.3 is 10.8 Å². The lowest BCUT2D eigenvalue weighted by atomic mass is 10.3. The molecule has 5 nitrogen and oxygen atoms in total. The molecule has 0 radical (unpaired) electrons. The van der Waals surface area contributed by atoms with E-state index >= 15 is 0 Å². The molecule has 0 aliphatic carbocycles. The zero-order chi connectivity index (χ0) is 8.43. The van der Waals surface area contributed by atoms with Crippen molar-refractivity contribution in [2.24, 2.45) is 12.8 Å². The average molecular weight is 155 g/mol. The molecule has 1 aromatic rings. The first kappa shape index (κ1) is 7.74. The molecule has 1 rings (SSSR count). The highest BCUT2D eigenvalue weighted by Gasteiger charge is 2.08. The summed E-state index contributed by atoms with van der Waals surface area (Å²) in [6.45, 7) is 0.302. The van der Waals surface area contributed by atoms with Gasteiger partial charge in [-0.3, -0.25) is 4.68 Å². The van der Waals surface area contributed by atoms with Gasteiger partial charge in [-0.2, -0.15) is 5.10 Å². The molecule has 0 aromatic carbocycles. The molecular formula is C6H9N3O2. The van der Waals surface area contributed by atoms with Crippen molar-refractivity contribution >= 4 is 5.97 Å². The fourth-order valence-corrected chi connectivity index (χ4v) is 0.801. The van der Waals surface area contributed by atoms with E-state index in [1.807, 2.05) is 0 Å². The van der Waals surface area contributed by atoms with Crippen LogP contribution < -0.4 is 5.73 Å². The fraction of sp³-hybridized carbons (Fsp3) is 0.333. The van der Waals surface area contributed by atoms with Gasteiger partial charge >= 0.3 is 5.97 Å². The quantitative estimate of drug-likeness (QED) is 0.607. The largest absolute Gasteiger partial charge is 0.476 e. The second kappa shape index (κ2) is 2.71. The van der Waals surface area contributed by atoms with Crippen molar-refractivity contribution in [2.45, 2.75) is 6.54 Å². The molecule has 3 N–H and O–H groups in total. The van der Waals surface area contributed by atoms with Gasteiger partial charge in [-0.15, -0.1) is 0 Å². The van der Waals surface area contributed by atoms with Crippen molar-refractivity contribution in [2.75, 3.05) is 0 Å². The van der Waals surface area contributed by atoms with Crippen molar-refractivity contribution in [1.29, 1.82) is 0 Å². The van der Waals surface area contributed by atoms with Crippen molar-refractivity contribution in [3.8, 4) is 0 Å². The van der Waals surface area contributed by atoms with Crippen LogP contribution in [0.3, 0.4) is 0 Å². The van der Waals surface area contributed by atoms with E-state index in [0.717, 1.165) is 0 Å². The summed E-state index contributed by atoms with van der Waals surface area (Å²) in [5.41, 5.74) is 6.06. The molecule has 0 atom stereocenters. The van der Waals surface area contributed by atoms with Gasteiger partial charge in [0.1, 0.15) is 0 Å². The highest BCUT2D eigenvalue weighted by atomic mass is 16.4. The highest BCUT2D eigenvalue weighted by molar-refractivity contribution is 5.85. The van der Waals surface area contributed by atoms with Gasteiger partial charge in [0.05, 0.1) is 5.69 Å². The lowest BCUT2D eigenvalue weighted by Crippen LogP contribution is -2.04. The standard InChI is InChI=1S/C6H9N3O2/c1-9-4(3-7)2-5(8-9)6(10)11/h2H,3,7H2,1H3,(H,10,11). The maximum Gasteiger partial charge on any atom is 0.356 e. The zero-order valence-electron chi connectivity index (χ0n) is 6.11. The molecule has 1 heterocycles. The molecule has 1 aromatic heterocycles. The van der Waals surface area contributed by atoms with Gasteiger partial charge in [-0.1, -0.05) is 0 Å². The Kier molecular flexibility index (Phi) is 1.91. The van der Waals surface area contributed by atoms with Crippen LogP contribution in [0.25, 0.3) is 0 Å². The zero-order valence-corrected chi connectivity index (χ0v) is 6.11. The second-order valence-electron chi connectivity index (χ2n) is 2.15. The summed E-state index contributed by atoms with van der Waals surface area (Å²) < 4.78 is 1.46. The lowest BCUT2D eigenvalue weighted by molar-refractivity contribution is 0.0689. The normalized spacial score (nSPS) is 10.0. The SMILES string of the molecule is Cn1nc(C(=O)O)cc1CN. The summed E-state index contributed by atoms with van der Waals surface area (Å²) in [6.07, 6.45) is 0. The summed E-state index contributed by atoms with van der Waals surface area (Å²) in [4.78, 5) is 10.4. The number of hydrogen-bond acceptors (Lipinski definition) is 3. The Hall–Kier alpha value is -1.36. The third kappa shape index (κ3) is 1.38. The first-order chi connectivity index (χ1) is 5.15. The molecule has 0 spiro atoms. The second-order valence-corrected chi connectivity index (χ2v) is 2.15. The molecule has 0 unspecified atom stereocenters. The van der Waals surface area contributed by atoms with Gasteiger partial charge in [0.15, 0.2) is 5.69 Å². The van der Waals surface area contributed by atoms with Crippen LogP contribution in [0.2, 0.25) is 0 Å². The van der Waals surface area contributed by atoms with E-state index in [-0.39, 0.29) is 5.69 Å². The van der Waals surface area contributed by atoms with Crippen molar-refractivity contribution in [1.82, 2.24) is 9.78 Å². The Morgan fingerprint density at radius 1 is 1.91 bits per heavy atom. The summed E-state index contributed by atoms with van der Waals surface area (Å²) in [6, 6.07) is 1.46. The highest BCUT2D eigenvalue weighted by Crippen LogP contribution is 2.01. The minimum Gasteiger partial charge on any atom is -0.476 e. The number of hydrogen-bond donors (Lipinski definition) is 2. The monoisotopic (exact) mass is 155 g/mol. The number of aromatic nitrogens is 2. The molecule has 0 saturated heterocycles.